The summed E-state index contributed by atoms with van der Waals surface area (Å²) < 4.78 is 47.4. The molecule has 48 heavy (non-hydrogen) atoms. The summed E-state index contributed by atoms with van der Waals surface area (Å²) in [5, 5.41) is 13.8. The number of aliphatic hydroxyl groups is 1. The van der Waals surface area contributed by atoms with Crippen LogP contribution in [0.25, 0.3) is 0 Å². The number of allylic oxidation sites excluding steroid dienone is 2. The minimum absolute atomic E-state index is 0.0116. The lowest BCUT2D eigenvalue weighted by atomic mass is 9.82. The molecule has 3 fully saturated rings. The zero-order valence-electron chi connectivity index (χ0n) is 27.8. The monoisotopic (exact) mass is 688 g/mol. The van der Waals surface area contributed by atoms with E-state index in [2.05, 4.69) is 16.6 Å². The van der Waals surface area contributed by atoms with Crippen LogP contribution in [0.4, 0.5) is 9.18 Å². The highest BCUT2D eigenvalue weighted by Gasteiger charge is 2.61. The number of carbonyl (C=O) groups excluding carboxylic acids is 4. The first-order valence-electron chi connectivity index (χ1n) is 16.3. The molecule has 3 amide bonds. The molecule has 5 rings (SSSR count). The topological polar surface area (TPSA) is 162 Å². The Kier molecular flexibility index (Phi) is 9.93. The maximum Gasteiger partial charge on any atom is 0.410 e. The Morgan fingerprint density at radius 2 is 1.92 bits per heavy atom. The van der Waals surface area contributed by atoms with Crippen molar-refractivity contribution in [3.8, 4) is 0 Å². The molecule has 0 bridgehead atoms. The molecule has 2 unspecified atom stereocenters. The molecule has 1 aromatic rings. The number of carbonyl (C=O) groups is 4. The fourth-order valence-electron chi connectivity index (χ4n) is 6.48. The fourth-order valence-corrected chi connectivity index (χ4v) is 7.84. The van der Waals surface area contributed by atoms with E-state index in [-0.39, 0.29) is 57.0 Å². The zero-order valence-corrected chi connectivity index (χ0v) is 28.6. The average molecular weight is 689 g/mol. The van der Waals surface area contributed by atoms with Crippen molar-refractivity contribution in [2.45, 2.75) is 108 Å². The SMILES string of the molecule is C=C[C@@H]1C[C@]1(NC(O)C1C[C@@H](OC(=O)N2Cc3cccc(F)c3C2)CN1C(=O)CCC(C)(C)C(=O)C=C(C)C)C(=O)NS(=O)(=O)C1CC1. The molecule has 0 aromatic heterocycles. The lowest BCUT2D eigenvalue weighted by Crippen LogP contribution is -2.58. The molecule has 14 heteroatoms. The third-order valence-electron chi connectivity index (χ3n) is 9.80. The quantitative estimate of drug-likeness (QED) is 0.161. The van der Waals surface area contributed by atoms with Crippen LogP contribution >= 0.6 is 0 Å². The highest BCUT2D eigenvalue weighted by molar-refractivity contribution is 7.91. The van der Waals surface area contributed by atoms with E-state index in [1.807, 2.05) is 13.8 Å². The number of rotatable bonds is 13. The summed E-state index contributed by atoms with van der Waals surface area (Å²) in [7, 11) is -3.87. The van der Waals surface area contributed by atoms with Gasteiger partial charge in [-0.3, -0.25) is 29.3 Å². The second-order valence-corrected chi connectivity index (χ2v) is 16.3. The lowest BCUT2D eigenvalue weighted by Gasteiger charge is -2.32. The van der Waals surface area contributed by atoms with Crippen LogP contribution in [-0.2, 0) is 42.2 Å². The molecular formula is C34H45FN4O8S. The zero-order chi connectivity index (χ0) is 35.2. The van der Waals surface area contributed by atoms with Gasteiger partial charge < -0.3 is 14.7 Å². The van der Waals surface area contributed by atoms with Gasteiger partial charge in [0.25, 0.3) is 5.91 Å². The molecule has 2 aliphatic carbocycles. The van der Waals surface area contributed by atoms with Crippen molar-refractivity contribution in [1.29, 1.82) is 0 Å². The normalized spacial score (nSPS) is 25.6. The van der Waals surface area contributed by atoms with Gasteiger partial charge in [0.2, 0.25) is 15.9 Å². The van der Waals surface area contributed by atoms with Gasteiger partial charge in [0.1, 0.15) is 23.7 Å². The van der Waals surface area contributed by atoms with E-state index in [4.69, 9.17) is 4.74 Å². The van der Waals surface area contributed by atoms with Crippen molar-refractivity contribution in [1.82, 2.24) is 19.8 Å². The fraction of sp³-hybridized carbons (Fsp3) is 0.588. The molecular weight excluding hydrogens is 643 g/mol. The van der Waals surface area contributed by atoms with Gasteiger partial charge in [0.05, 0.1) is 24.4 Å². The van der Waals surface area contributed by atoms with Gasteiger partial charge in [-0.2, -0.15) is 0 Å². The summed E-state index contributed by atoms with van der Waals surface area (Å²) >= 11 is 0. The van der Waals surface area contributed by atoms with E-state index >= 15 is 0 Å². The van der Waals surface area contributed by atoms with Gasteiger partial charge in [-0.05, 0) is 57.2 Å². The number of fused-ring (bicyclic) bond motifs is 1. The molecule has 262 valence electrons. The number of ketones is 1. The Morgan fingerprint density at radius 3 is 2.52 bits per heavy atom. The number of hydrogen-bond donors (Lipinski definition) is 3. The Labute approximate surface area is 280 Å². The Balaban J connectivity index is 1.31. The van der Waals surface area contributed by atoms with Gasteiger partial charge in [-0.15, -0.1) is 6.58 Å². The summed E-state index contributed by atoms with van der Waals surface area (Å²) in [5.74, 6) is -2.21. The minimum atomic E-state index is -3.87. The molecule has 12 nitrogen and oxygen atoms in total. The number of nitrogens with zero attached hydrogens (tertiary/aromatic N) is 2. The van der Waals surface area contributed by atoms with Crippen molar-refractivity contribution in [3.05, 3.63) is 59.4 Å². The van der Waals surface area contributed by atoms with Crippen molar-refractivity contribution >= 4 is 33.7 Å². The maximum atomic E-state index is 14.3. The van der Waals surface area contributed by atoms with Crippen LogP contribution in [0.3, 0.4) is 0 Å². The number of nitrogens with one attached hydrogen (secondary N) is 2. The van der Waals surface area contributed by atoms with Crippen molar-refractivity contribution < 1.29 is 41.8 Å². The highest BCUT2D eigenvalue weighted by Crippen LogP contribution is 2.46. The first-order chi connectivity index (χ1) is 22.5. The van der Waals surface area contributed by atoms with Gasteiger partial charge in [0.15, 0.2) is 5.78 Å². The summed E-state index contributed by atoms with van der Waals surface area (Å²) in [5.41, 5.74) is -0.384. The molecule has 1 saturated heterocycles. The van der Waals surface area contributed by atoms with Crippen LogP contribution in [0.1, 0.15) is 77.3 Å². The molecule has 0 radical (unpaired) electrons. The molecule has 2 aliphatic heterocycles. The molecule has 1 aromatic carbocycles. The largest absolute Gasteiger partial charge is 0.444 e. The Bertz CT molecular complexity index is 1640. The van der Waals surface area contributed by atoms with E-state index in [0.717, 1.165) is 5.57 Å². The molecule has 5 atom stereocenters. The Hall–Kier alpha value is -3.62. The summed E-state index contributed by atoms with van der Waals surface area (Å²) in [6, 6.07) is 3.67. The number of amides is 3. The highest BCUT2D eigenvalue weighted by atomic mass is 32.2. The molecule has 4 aliphatic rings. The van der Waals surface area contributed by atoms with Crippen molar-refractivity contribution in [3.63, 3.8) is 0 Å². The summed E-state index contributed by atoms with van der Waals surface area (Å²) in [6.45, 7) is 11.0. The predicted octanol–water partition coefficient (Wildman–Crippen LogP) is 3.05. The van der Waals surface area contributed by atoms with Crippen molar-refractivity contribution in [2.75, 3.05) is 6.54 Å². The van der Waals surface area contributed by atoms with Crippen LogP contribution in [0.15, 0.2) is 42.5 Å². The number of benzene rings is 1. The average Bonchev–Trinajstić information content (AvgIpc) is 3.90. The number of sulfonamides is 1. The number of likely N-dealkylation sites (tertiary alicyclic amines) is 1. The summed E-state index contributed by atoms with van der Waals surface area (Å²) in [4.78, 5) is 55.8. The third-order valence-corrected chi connectivity index (χ3v) is 11.6. The molecule has 0 spiro atoms. The number of aliphatic hydroxyl groups excluding tert-OH is 1. The van der Waals surface area contributed by atoms with E-state index in [1.165, 1.54) is 28.0 Å². The van der Waals surface area contributed by atoms with Gasteiger partial charge >= 0.3 is 6.09 Å². The van der Waals surface area contributed by atoms with Crippen LogP contribution in [0.5, 0.6) is 0 Å². The van der Waals surface area contributed by atoms with Crippen LogP contribution < -0.4 is 10.0 Å². The number of ether oxygens (including phenoxy) is 1. The molecule has 2 saturated carbocycles. The predicted molar refractivity (Wildman–Crippen MR) is 174 cm³/mol. The minimum Gasteiger partial charge on any atom is -0.444 e. The number of hydrogen-bond acceptors (Lipinski definition) is 9. The van der Waals surface area contributed by atoms with E-state index in [9.17, 15) is 37.1 Å². The lowest BCUT2D eigenvalue weighted by molar-refractivity contribution is -0.136. The van der Waals surface area contributed by atoms with Gasteiger partial charge in [-0.25, -0.2) is 17.6 Å². The number of halogens is 1. The van der Waals surface area contributed by atoms with Crippen LogP contribution in [-0.4, -0.2) is 82.7 Å². The van der Waals surface area contributed by atoms with Gasteiger partial charge in [0, 0.05) is 36.3 Å². The first kappa shape index (κ1) is 35.7. The van der Waals surface area contributed by atoms with Gasteiger partial charge in [-0.1, -0.05) is 37.6 Å². The molecule has 3 N–H and O–H groups in total. The maximum absolute atomic E-state index is 14.3. The molecule has 2 heterocycles. The van der Waals surface area contributed by atoms with E-state index in [1.54, 1.807) is 26.0 Å². The first-order valence-corrected chi connectivity index (χ1v) is 17.9. The van der Waals surface area contributed by atoms with E-state index < -0.39 is 68.3 Å². The second-order valence-electron chi connectivity index (χ2n) is 14.3. The van der Waals surface area contributed by atoms with Crippen molar-refractivity contribution in [2.24, 2.45) is 11.3 Å². The van der Waals surface area contributed by atoms with Crippen LogP contribution in [0, 0.1) is 17.2 Å². The van der Waals surface area contributed by atoms with E-state index in [0.29, 0.717) is 24.0 Å². The summed E-state index contributed by atoms with van der Waals surface area (Å²) in [6.07, 6.45) is 1.29. The van der Waals surface area contributed by atoms with Crippen LogP contribution in [0.2, 0.25) is 0 Å². The standard InChI is InChI=1S/C34H45FN4O8S/c1-6-22-16-34(22,31(43)37-48(45,46)24-10-11-24)36-30(42)27-15-23(47-32(44)38-17-21-8-7-9-26(35)25(21)19-38)18-39(27)29(41)12-13-33(4,5)28(40)14-20(2)3/h6-9,14,22-24,27,30,36,42H,1,10-13,15-19H2,2-5H3,(H,37,43)/t22-,23-,27?,30?,34-/m1/s1. The third kappa shape index (κ3) is 7.50. The smallest absolute Gasteiger partial charge is 0.410 e. The Morgan fingerprint density at radius 1 is 1.21 bits per heavy atom. The second kappa shape index (κ2) is 13.4.